The predicted molar refractivity (Wildman–Crippen MR) is 82.5 cm³/mol. The first-order valence-corrected chi connectivity index (χ1v) is 6.92. The van der Waals surface area contributed by atoms with E-state index in [1.807, 2.05) is 25.1 Å². The van der Waals surface area contributed by atoms with E-state index in [1.165, 1.54) is 0 Å². The summed E-state index contributed by atoms with van der Waals surface area (Å²) in [7, 11) is 1.60. The highest BCUT2D eigenvalue weighted by Gasteiger charge is 2.15. The molecular weight excluding hydrogens is 322 g/mol. The monoisotopic (exact) mass is 337 g/mol. The summed E-state index contributed by atoms with van der Waals surface area (Å²) >= 11 is 3.41. The van der Waals surface area contributed by atoms with Gasteiger partial charge in [-0.3, -0.25) is 0 Å². The SMILES string of the molecule is COc1cc(Br)cc(NC(C)c2c(O)cccc2O)c1. The molecule has 0 spiro atoms. The van der Waals surface area contributed by atoms with Gasteiger partial charge in [0.1, 0.15) is 17.2 Å². The van der Waals surface area contributed by atoms with Gasteiger partial charge >= 0.3 is 0 Å². The van der Waals surface area contributed by atoms with Crippen LogP contribution in [0.2, 0.25) is 0 Å². The molecule has 1 atom stereocenters. The molecule has 0 aliphatic heterocycles. The average molecular weight is 338 g/mol. The molecule has 0 saturated heterocycles. The molecule has 0 bridgehead atoms. The van der Waals surface area contributed by atoms with E-state index in [-0.39, 0.29) is 17.5 Å². The molecule has 3 N–H and O–H groups in total. The van der Waals surface area contributed by atoms with Crippen LogP contribution in [0.3, 0.4) is 0 Å². The topological polar surface area (TPSA) is 61.7 Å². The van der Waals surface area contributed by atoms with Gasteiger partial charge in [0.15, 0.2) is 0 Å². The van der Waals surface area contributed by atoms with Gasteiger partial charge in [-0.25, -0.2) is 0 Å². The summed E-state index contributed by atoms with van der Waals surface area (Å²) in [6.07, 6.45) is 0. The predicted octanol–water partition coefficient (Wildman–Crippen LogP) is 4.04. The van der Waals surface area contributed by atoms with Crippen molar-refractivity contribution in [2.24, 2.45) is 0 Å². The zero-order valence-electron chi connectivity index (χ0n) is 11.2. The average Bonchev–Trinajstić information content (AvgIpc) is 2.37. The fourth-order valence-electron chi connectivity index (χ4n) is 2.07. The van der Waals surface area contributed by atoms with Crippen LogP contribution in [-0.2, 0) is 0 Å². The first-order chi connectivity index (χ1) is 9.51. The van der Waals surface area contributed by atoms with Crippen LogP contribution in [0.25, 0.3) is 0 Å². The lowest BCUT2D eigenvalue weighted by molar-refractivity contribution is 0.414. The summed E-state index contributed by atoms with van der Waals surface area (Å²) < 4.78 is 6.08. The summed E-state index contributed by atoms with van der Waals surface area (Å²) in [5.74, 6) is 0.842. The van der Waals surface area contributed by atoms with Crippen LogP contribution in [0.1, 0.15) is 18.5 Å². The number of benzene rings is 2. The molecular formula is C15H16BrNO3. The highest BCUT2D eigenvalue weighted by Crippen LogP contribution is 2.35. The minimum absolute atomic E-state index is 0.0620. The number of ether oxygens (including phenoxy) is 1. The van der Waals surface area contributed by atoms with Gasteiger partial charge in [0.25, 0.3) is 0 Å². The normalized spacial score (nSPS) is 11.9. The van der Waals surface area contributed by atoms with Gasteiger partial charge in [-0.15, -0.1) is 0 Å². The van der Waals surface area contributed by atoms with E-state index in [0.29, 0.717) is 5.56 Å². The minimum atomic E-state index is -0.254. The van der Waals surface area contributed by atoms with Gasteiger partial charge in [-0.1, -0.05) is 22.0 Å². The van der Waals surface area contributed by atoms with Crippen molar-refractivity contribution in [3.05, 3.63) is 46.4 Å². The molecule has 0 heterocycles. The molecule has 1 unspecified atom stereocenters. The number of hydrogen-bond acceptors (Lipinski definition) is 4. The Kier molecular flexibility index (Phi) is 4.39. The lowest BCUT2D eigenvalue weighted by atomic mass is 10.1. The Bertz CT molecular complexity index is 596. The van der Waals surface area contributed by atoms with Crippen molar-refractivity contribution >= 4 is 21.6 Å². The molecule has 2 aromatic rings. The smallest absolute Gasteiger partial charge is 0.124 e. The molecule has 0 radical (unpaired) electrons. The van der Waals surface area contributed by atoms with E-state index in [2.05, 4.69) is 21.2 Å². The first kappa shape index (κ1) is 14.5. The molecule has 20 heavy (non-hydrogen) atoms. The molecule has 0 aromatic heterocycles. The fraction of sp³-hybridized carbons (Fsp3) is 0.200. The zero-order chi connectivity index (χ0) is 14.7. The van der Waals surface area contributed by atoms with E-state index in [1.54, 1.807) is 25.3 Å². The third kappa shape index (κ3) is 3.17. The van der Waals surface area contributed by atoms with E-state index < -0.39 is 0 Å². The van der Waals surface area contributed by atoms with Crippen molar-refractivity contribution in [1.29, 1.82) is 0 Å². The van der Waals surface area contributed by atoms with Crippen LogP contribution in [0.5, 0.6) is 17.2 Å². The van der Waals surface area contributed by atoms with Crippen LogP contribution in [0.15, 0.2) is 40.9 Å². The molecule has 106 valence electrons. The van der Waals surface area contributed by atoms with E-state index >= 15 is 0 Å². The second-order valence-electron chi connectivity index (χ2n) is 4.46. The number of rotatable bonds is 4. The van der Waals surface area contributed by atoms with Crippen molar-refractivity contribution in [3.8, 4) is 17.2 Å². The maximum atomic E-state index is 9.86. The number of phenols is 2. The van der Waals surface area contributed by atoms with Crippen molar-refractivity contribution < 1.29 is 14.9 Å². The van der Waals surface area contributed by atoms with E-state index in [9.17, 15) is 10.2 Å². The Morgan fingerprint density at radius 3 is 2.40 bits per heavy atom. The minimum Gasteiger partial charge on any atom is -0.507 e. The van der Waals surface area contributed by atoms with Gasteiger partial charge < -0.3 is 20.3 Å². The van der Waals surface area contributed by atoms with Crippen molar-refractivity contribution in [1.82, 2.24) is 0 Å². The molecule has 0 aliphatic carbocycles. The number of hydrogen-bond donors (Lipinski definition) is 3. The molecule has 0 amide bonds. The summed E-state index contributed by atoms with van der Waals surface area (Å²) in [6.45, 7) is 1.86. The Labute approximate surface area is 126 Å². The number of phenolic OH excluding ortho intramolecular Hbond substituents is 2. The molecule has 2 rings (SSSR count). The number of aromatic hydroxyl groups is 2. The number of anilines is 1. The van der Waals surface area contributed by atoms with Gasteiger partial charge in [0, 0.05) is 16.2 Å². The first-order valence-electron chi connectivity index (χ1n) is 6.13. The maximum absolute atomic E-state index is 9.86. The Morgan fingerprint density at radius 1 is 1.15 bits per heavy atom. The Balaban J connectivity index is 2.28. The van der Waals surface area contributed by atoms with E-state index in [0.717, 1.165) is 15.9 Å². The van der Waals surface area contributed by atoms with Crippen LogP contribution >= 0.6 is 15.9 Å². The van der Waals surface area contributed by atoms with E-state index in [4.69, 9.17) is 4.74 Å². The Morgan fingerprint density at radius 2 is 1.80 bits per heavy atom. The van der Waals surface area contributed by atoms with Crippen LogP contribution in [-0.4, -0.2) is 17.3 Å². The van der Waals surface area contributed by atoms with Crippen molar-refractivity contribution in [2.75, 3.05) is 12.4 Å². The van der Waals surface area contributed by atoms with Gasteiger partial charge in [-0.2, -0.15) is 0 Å². The van der Waals surface area contributed by atoms with Gasteiger partial charge in [0.05, 0.1) is 18.7 Å². The second-order valence-corrected chi connectivity index (χ2v) is 5.37. The lowest BCUT2D eigenvalue weighted by Crippen LogP contribution is -2.07. The lowest BCUT2D eigenvalue weighted by Gasteiger charge is -2.18. The summed E-state index contributed by atoms with van der Waals surface area (Å²) in [6, 6.07) is 10.0. The summed E-state index contributed by atoms with van der Waals surface area (Å²) in [4.78, 5) is 0. The molecule has 4 nitrogen and oxygen atoms in total. The number of nitrogens with one attached hydrogen (secondary N) is 1. The van der Waals surface area contributed by atoms with Crippen LogP contribution in [0.4, 0.5) is 5.69 Å². The summed E-state index contributed by atoms with van der Waals surface area (Å²) in [5.41, 5.74) is 1.29. The summed E-state index contributed by atoms with van der Waals surface area (Å²) in [5, 5.41) is 22.9. The Hall–Kier alpha value is -1.88. The van der Waals surface area contributed by atoms with Crippen molar-refractivity contribution in [2.45, 2.75) is 13.0 Å². The number of halogens is 1. The highest BCUT2D eigenvalue weighted by molar-refractivity contribution is 9.10. The van der Waals surface area contributed by atoms with Gasteiger partial charge in [0.2, 0.25) is 0 Å². The van der Waals surface area contributed by atoms with Crippen LogP contribution in [0, 0.1) is 0 Å². The zero-order valence-corrected chi connectivity index (χ0v) is 12.8. The number of methoxy groups -OCH3 is 1. The third-order valence-corrected chi connectivity index (χ3v) is 3.44. The molecule has 2 aromatic carbocycles. The standard InChI is InChI=1S/C15H16BrNO3/c1-9(15-13(18)4-3-5-14(15)19)17-11-6-10(16)7-12(8-11)20-2/h3-9,17-19H,1-2H3. The molecule has 0 aliphatic rings. The van der Waals surface area contributed by atoms with Gasteiger partial charge in [-0.05, 0) is 31.2 Å². The third-order valence-electron chi connectivity index (χ3n) is 2.98. The highest BCUT2D eigenvalue weighted by atomic mass is 79.9. The van der Waals surface area contributed by atoms with Crippen LogP contribution < -0.4 is 10.1 Å². The molecule has 0 saturated carbocycles. The second kappa shape index (κ2) is 6.05. The largest absolute Gasteiger partial charge is 0.507 e. The molecule has 5 heteroatoms. The molecule has 0 fully saturated rings. The maximum Gasteiger partial charge on any atom is 0.124 e. The van der Waals surface area contributed by atoms with Crippen molar-refractivity contribution in [3.63, 3.8) is 0 Å². The fourth-order valence-corrected chi connectivity index (χ4v) is 2.54. The quantitative estimate of drug-likeness (QED) is 0.787.